The molecule has 0 fully saturated rings. The quantitative estimate of drug-likeness (QED) is 0.814. The number of rotatable bonds is 4. The molecular weight excluding hydrogens is 216 g/mol. The normalized spacial score (nSPS) is 11.3. The standard InChI is InChI=1S/C13H20N2O2/c1-13(2,17-4)9-12(16)15(3)11-7-5-10(14)6-8-11/h5-8H,9,14H2,1-4H3. The topological polar surface area (TPSA) is 55.6 Å². The number of nitrogens with zero attached hydrogens (tertiary/aromatic N) is 1. The predicted octanol–water partition coefficient (Wildman–Crippen LogP) is 2.05. The van der Waals surface area contributed by atoms with Crippen molar-refractivity contribution >= 4 is 17.3 Å². The fourth-order valence-electron chi connectivity index (χ4n) is 1.40. The molecule has 1 aromatic carbocycles. The fraction of sp³-hybridized carbons (Fsp3) is 0.462. The molecular formula is C13H20N2O2. The molecule has 0 unspecified atom stereocenters. The van der Waals surface area contributed by atoms with Gasteiger partial charge in [0.05, 0.1) is 12.0 Å². The zero-order valence-electron chi connectivity index (χ0n) is 10.9. The summed E-state index contributed by atoms with van der Waals surface area (Å²) in [6.45, 7) is 3.78. The third-order valence-electron chi connectivity index (χ3n) is 2.78. The molecule has 17 heavy (non-hydrogen) atoms. The molecule has 0 saturated heterocycles. The summed E-state index contributed by atoms with van der Waals surface area (Å²) >= 11 is 0. The van der Waals surface area contributed by atoms with Crippen molar-refractivity contribution in [3.8, 4) is 0 Å². The molecule has 0 saturated carbocycles. The highest BCUT2D eigenvalue weighted by Crippen LogP contribution is 2.19. The van der Waals surface area contributed by atoms with Gasteiger partial charge in [-0.15, -0.1) is 0 Å². The first-order valence-electron chi connectivity index (χ1n) is 5.53. The Morgan fingerprint density at radius 3 is 2.35 bits per heavy atom. The second-order valence-electron chi connectivity index (χ2n) is 4.68. The van der Waals surface area contributed by atoms with Gasteiger partial charge in [-0.25, -0.2) is 0 Å². The molecule has 0 aliphatic rings. The fourth-order valence-corrected chi connectivity index (χ4v) is 1.40. The Hall–Kier alpha value is -1.55. The smallest absolute Gasteiger partial charge is 0.229 e. The third-order valence-corrected chi connectivity index (χ3v) is 2.78. The van der Waals surface area contributed by atoms with Crippen LogP contribution in [0, 0.1) is 0 Å². The number of ether oxygens (including phenoxy) is 1. The van der Waals surface area contributed by atoms with E-state index in [-0.39, 0.29) is 5.91 Å². The number of benzene rings is 1. The van der Waals surface area contributed by atoms with Gasteiger partial charge in [0, 0.05) is 25.5 Å². The lowest BCUT2D eigenvalue weighted by Gasteiger charge is -2.25. The maximum absolute atomic E-state index is 12.0. The average molecular weight is 236 g/mol. The largest absolute Gasteiger partial charge is 0.399 e. The van der Waals surface area contributed by atoms with E-state index in [1.807, 2.05) is 26.0 Å². The summed E-state index contributed by atoms with van der Waals surface area (Å²) in [5.74, 6) is 0.0154. The van der Waals surface area contributed by atoms with Crippen LogP contribution in [0.25, 0.3) is 0 Å². The Kier molecular flexibility index (Phi) is 4.12. The molecule has 0 bridgehead atoms. The van der Waals surface area contributed by atoms with Gasteiger partial charge in [0.25, 0.3) is 0 Å². The molecule has 1 aromatic rings. The number of nitrogen functional groups attached to an aromatic ring is 1. The van der Waals surface area contributed by atoms with Crippen molar-refractivity contribution < 1.29 is 9.53 Å². The van der Waals surface area contributed by atoms with E-state index in [1.54, 1.807) is 31.2 Å². The van der Waals surface area contributed by atoms with Gasteiger partial charge in [-0.05, 0) is 38.1 Å². The van der Waals surface area contributed by atoms with Crippen molar-refractivity contribution in [1.82, 2.24) is 0 Å². The van der Waals surface area contributed by atoms with Gasteiger partial charge in [0.2, 0.25) is 5.91 Å². The molecule has 4 nitrogen and oxygen atoms in total. The zero-order valence-corrected chi connectivity index (χ0v) is 10.9. The van der Waals surface area contributed by atoms with Gasteiger partial charge >= 0.3 is 0 Å². The molecule has 0 atom stereocenters. The highest BCUT2D eigenvalue weighted by molar-refractivity contribution is 5.93. The van der Waals surface area contributed by atoms with E-state index in [1.165, 1.54) is 0 Å². The van der Waals surface area contributed by atoms with E-state index in [4.69, 9.17) is 10.5 Å². The summed E-state index contributed by atoms with van der Waals surface area (Å²) in [5.41, 5.74) is 6.67. The molecule has 94 valence electrons. The van der Waals surface area contributed by atoms with Gasteiger partial charge in [0.15, 0.2) is 0 Å². The monoisotopic (exact) mass is 236 g/mol. The Morgan fingerprint density at radius 1 is 1.35 bits per heavy atom. The summed E-state index contributed by atoms with van der Waals surface area (Å²) in [4.78, 5) is 13.6. The first-order valence-corrected chi connectivity index (χ1v) is 5.53. The SMILES string of the molecule is COC(C)(C)CC(=O)N(C)c1ccc(N)cc1. The molecule has 0 spiro atoms. The van der Waals surface area contributed by atoms with E-state index in [2.05, 4.69) is 0 Å². The average Bonchev–Trinajstić information content (AvgIpc) is 2.28. The number of anilines is 2. The molecule has 2 N–H and O–H groups in total. The van der Waals surface area contributed by atoms with Gasteiger partial charge in [-0.2, -0.15) is 0 Å². The van der Waals surface area contributed by atoms with E-state index in [9.17, 15) is 4.79 Å². The van der Waals surface area contributed by atoms with Gasteiger partial charge in [-0.1, -0.05) is 0 Å². The second-order valence-corrected chi connectivity index (χ2v) is 4.68. The van der Waals surface area contributed by atoms with Crippen LogP contribution in [0.1, 0.15) is 20.3 Å². The van der Waals surface area contributed by atoms with Crippen molar-refractivity contribution in [2.24, 2.45) is 0 Å². The van der Waals surface area contributed by atoms with Crippen LogP contribution >= 0.6 is 0 Å². The van der Waals surface area contributed by atoms with E-state index >= 15 is 0 Å². The minimum Gasteiger partial charge on any atom is -0.399 e. The Bertz CT molecular complexity index is 385. The molecule has 1 amide bonds. The summed E-state index contributed by atoms with van der Waals surface area (Å²) in [6.07, 6.45) is 0.338. The van der Waals surface area contributed by atoms with Crippen molar-refractivity contribution in [2.45, 2.75) is 25.9 Å². The van der Waals surface area contributed by atoms with Crippen molar-refractivity contribution in [3.63, 3.8) is 0 Å². The van der Waals surface area contributed by atoms with E-state index < -0.39 is 5.60 Å². The van der Waals surface area contributed by atoms with E-state index in [0.717, 1.165) is 5.69 Å². The number of nitrogens with two attached hydrogens (primary N) is 1. The number of carbonyl (C=O) groups is 1. The first-order chi connectivity index (χ1) is 7.85. The molecule has 0 aliphatic carbocycles. The predicted molar refractivity (Wildman–Crippen MR) is 70.0 cm³/mol. The van der Waals surface area contributed by atoms with Gasteiger partial charge in [0.1, 0.15) is 0 Å². The van der Waals surface area contributed by atoms with Crippen LogP contribution in [-0.4, -0.2) is 25.7 Å². The van der Waals surface area contributed by atoms with Crippen LogP contribution in [0.3, 0.4) is 0 Å². The molecule has 0 aliphatic heterocycles. The minimum atomic E-state index is -0.445. The third kappa shape index (κ3) is 3.75. The summed E-state index contributed by atoms with van der Waals surface area (Å²) < 4.78 is 5.25. The minimum absolute atomic E-state index is 0.0154. The number of methoxy groups -OCH3 is 1. The first kappa shape index (κ1) is 13.5. The Balaban J connectivity index is 2.73. The zero-order chi connectivity index (χ0) is 13.1. The van der Waals surface area contributed by atoms with Crippen LogP contribution in [0.4, 0.5) is 11.4 Å². The van der Waals surface area contributed by atoms with Gasteiger partial charge in [-0.3, -0.25) is 4.79 Å². The highest BCUT2D eigenvalue weighted by Gasteiger charge is 2.23. The number of amides is 1. The maximum Gasteiger partial charge on any atom is 0.229 e. The van der Waals surface area contributed by atoms with Crippen molar-refractivity contribution in [1.29, 1.82) is 0 Å². The van der Waals surface area contributed by atoms with Crippen LogP contribution in [-0.2, 0) is 9.53 Å². The van der Waals surface area contributed by atoms with Gasteiger partial charge < -0.3 is 15.4 Å². The van der Waals surface area contributed by atoms with Crippen LogP contribution < -0.4 is 10.6 Å². The highest BCUT2D eigenvalue weighted by atomic mass is 16.5. The van der Waals surface area contributed by atoms with Crippen LogP contribution in [0.15, 0.2) is 24.3 Å². The lowest BCUT2D eigenvalue weighted by molar-refractivity contribution is -0.123. The maximum atomic E-state index is 12.0. The van der Waals surface area contributed by atoms with Crippen molar-refractivity contribution in [2.75, 3.05) is 24.8 Å². The Morgan fingerprint density at radius 2 is 1.88 bits per heavy atom. The summed E-state index contributed by atoms with van der Waals surface area (Å²) in [5, 5.41) is 0. The molecule has 0 heterocycles. The number of hydrogen-bond donors (Lipinski definition) is 1. The molecule has 4 heteroatoms. The number of carbonyl (C=O) groups excluding carboxylic acids is 1. The summed E-state index contributed by atoms with van der Waals surface area (Å²) in [6, 6.07) is 7.21. The molecule has 0 radical (unpaired) electrons. The lowest BCUT2D eigenvalue weighted by Crippen LogP contribution is -2.35. The van der Waals surface area contributed by atoms with Crippen LogP contribution in [0.5, 0.6) is 0 Å². The van der Waals surface area contributed by atoms with E-state index in [0.29, 0.717) is 12.1 Å². The lowest BCUT2D eigenvalue weighted by atomic mass is 10.0. The number of hydrogen-bond acceptors (Lipinski definition) is 3. The molecule has 0 aromatic heterocycles. The second kappa shape index (κ2) is 5.19. The van der Waals surface area contributed by atoms with Crippen LogP contribution in [0.2, 0.25) is 0 Å². The van der Waals surface area contributed by atoms with Crippen molar-refractivity contribution in [3.05, 3.63) is 24.3 Å². The molecule has 1 rings (SSSR count). The summed E-state index contributed by atoms with van der Waals surface area (Å²) in [7, 11) is 3.36. The Labute approximate surface area is 102 Å².